The standard InChI is InChI=1S/C11H11BrN2O2S/c1-2-7-15-8-3-5-9(6-4-8)16-11-14-13-10(12)17-11/h3-6H,2,7H2,1H3. The molecule has 0 unspecified atom stereocenters. The van der Waals surface area contributed by atoms with Crippen molar-refractivity contribution in [3.05, 3.63) is 28.2 Å². The summed E-state index contributed by atoms with van der Waals surface area (Å²) in [5.41, 5.74) is 0. The molecular formula is C11H11BrN2O2S. The summed E-state index contributed by atoms with van der Waals surface area (Å²) in [6.45, 7) is 2.80. The molecule has 0 atom stereocenters. The number of rotatable bonds is 5. The molecule has 1 aromatic heterocycles. The zero-order valence-corrected chi connectivity index (χ0v) is 11.6. The van der Waals surface area contributed by atoms with Gasteiger partial charge in [0.1, 0.15) is 11.5 Å². The molecule has 2 rings (SSSR count). The highest BCUT2D eigenvalue weighted by atomic mass is 79.9. The van der Waals surface area contributed by atoms with E-state index in [4.69, 9.17) is 9.47 Å². The van der Waals surface area contributed by atoms with Gasteiger partial charge in [-0.1, -0.05) is 12.0 Å². The maximum atomic E-state index is 5.52. The van der Waals surface area contributed by atoms with E-state index in [2.05, 4.69) is 33.1 Å². The van der Waals surface area contributed by atoms with Crippen LogP contribution in [0.4, 0.5) is 0 Å². The Balaban J connectivity index is 1.98. The molecule has 0 aliphatic heterocycles. The molecule has 90 valence electrons. The minimum Gasteiger partial charge on any atom is -0.494 e. The van der Waals surface area contributed by atoms with Crippen molar-refractivity contribution >= 4 is 27.3 Å². The van der Waals surface area contributed by atoms with Crippen LogP contribution in [-0.4, -0.2) is 16.8 Å². The van der Waals surface area contributed by atoms with E-state index < -0.39 is 0 Å². The van der Waals surface area contributed by atoms with Crippen molar-refractivity contribution in [2.75, 3.05) is 6.61 Å². The number of halogens is 1. The second-order valence-electron chi connectivity index (χ2n) is 3.24. The Labute approximate surface area is 112 Å². The first-order chi connectivity index (χ1) is 8.28. The number of aromatic nitrogens is 2. The lowest BCUT2D eigenvalue weighted by molar-refractivity contribution is 0.317. The van der Waals surface area contributed by atoms with Crippen LogP contribution in [0.25, 0.3) is 0 Å². The second kappa shape index (κ2) is 5.97. The van der Waals surface area contributed by atoms with Gasteiger partial charge in [0.15, 0.2) is 3.92 Å². The van der Waals surface area contributed by atoms with Crippen molar-refractivity contribution in [3.8, 4) is 16.7 Å². The Kier molecular flexibility index (Phi) is 4.33. The average molecular weight is 315 g/mol. The molecule has 0 spiro atoms. The van der Waals surface area contributed by atoms with Gasteiger partial charge < -0.3 is 9.47 Å². The predicted molar refractivity (Wildman–Crippen MR) is 69.9 cm³/mol. The number of hydrogen-bond acceptors (Lipinski definition) is 5. The normalized spacial score (nSPS) is 10.2. The van der Waals surface area contributed by atoms with Crippen molar-refractivity contribution in [3.63, 3.8) is 0 Å². The van der Waals surface area contributed by atoms with E-state index in [-0.39, 0.29) is 0 Å². The zero-order valence-electron chi connectivity index (χ0n) is 9.22. The minimum absolute atomic E-state index is 0.513. The first-order valence-corrected chi connectivity index (χ1v) is 6.78. The molecule has 17 heavy (non-hydrogen) atoms. The minimum atomic E-state index is 0.513. The summed E-state index contributed by atoms with van der Waals surface area (Å²) in [4.78, 5) is 0. The maximum Gasteiger partial charge on any atom is 0.300 e. The molecule has 0 saturated carbocycles. The lowest BCUT2D eigenvalue weighted by Gasteiger charge is -2.05. The van der Waals surface area contributed by atoms with Gasteiger partial charge in [0.25, 0.3) is 5.19 Å². The Morgan fingerprint density at radius 3 is 2.47 bits per heavy atom. The van der Waals surface area contributed by atoms with E-state index in [1.54, 1.807) is 0 Å². The Bertz CT molecular complexity index is 473. The molecule has 2 aromatic rings. The summed E-state index contributed by atoms with van der Waals surface area (Å²) in [5.74, 6) is 1.56. The van der Waals surface area contributed by atoms with Gasteiger partial charge in [-0.15, -0.1) is 5.10 Å². The number of ether oxygens (including phenoxy) is 2. The first-order valence-electron chi connectivity index (χ1n) is 5.17. The molecule has 0 bridgehead atoms. The van der Waals surface area contributed by atoms with Gasteiger partial charge in [-0.05, 0) is 58.0 Å². The Hall–Kier alpha value is -1.14. The van der Waals surface area contributed by atoms with E-state index in [1.165, 1.54) is 11.3 Å². The third-order valence-corrected chi connectivity index (χ3v) is 3.12. The van der Waals surface area contributed by atoms with E-state index >= 15 is 0 Å². The third kappa shape index (κ3) is 3.67. The molecule has 0 saturated heterocycles. The number of hydrogen-bond donors (Lipinski definition) is 0. The molecule has 0 fully saturated rings. The topological polar surface area (TPSA) is 44.2 Å². The van der Waals surface area contributed by atoms with Crippen LogP contribution in [-0.2, 0) is 0 Å². The quantitative estimate of drug-likeness (QED) is 0.840. The van der Waals surface area contributed by atoms with E-state index in [1.807, 2.05) is 24.3 Å². The van der Waals surface area contributed by atoms with Crippen LogP contribution < -0.4 is 9.47 Å². The fourth-order valence-electron chi connectivity index (χ4n) is 1.16. The fraction of sp³-hybridized carbons (Fsp3) is 0.273. The summed E-state index contributed by atoms with van der Waals surface area (Å²) >= 11 is 4.57. The molecule has 1 heterocycles. The summed E-state index contributed by atoms with van der Waals surface area (Å²) < 4.78 is 11.7. The largest absolute Gasteiger partial charge is 0.494 e. The third-order valence-electron chi connectivity index (χ3n) is 1.88. The number of nitrogens with zero attached hydrogens (tertiary/aromatic N) is 2. The van der Waals surface area contributed by atoms with E-state index in [0.29, 0.717) is 9.11 Å². The van der Waals surface area contributed by atoms with Crippen LogP contribution >= 0.6 is 27.3 Å². The molecule has 1 aromatic carbocycles. The highest BCUT2D eigenvalue weighted by Gasteiger charge is 2.04. The van der Waals surface area contributed by atoms with Gasteiger partial charge in [0.2, 0.25) is 0 Å². The van der Waals surface area contributed by atoms with Crippen molar-refractivity contribution in [2.24, 2.45) is 0 Å². The molecular weight excluding hydrogens is 304 g/mol. The summed E-state index contributed by atoms with van der Waals surface area (Å²) in [5, 5.41) is 8.17. The van der Waals surface area contributed by atoms with Crippen LogP contribution in [0.15, 0.2) is 28.2 Å². The molecule has 0 N–H and O–H groups in total. The first kappa shape index (κ1) is 12.3. The lowest BCUT2D eigenvalue weighted by atomic mass is 10.3. The SMILES string of the molecule is CCCOc1ccc(Oc2nnc(Br)s2)cc1. The van der Waals surface area contributed by atoms with Crippen LogP contribution in [0.2, 0.25) is 0 Å². The van der Waals surface area contributed by atoms with Crippen molar-refractivity contribution in [1.29, 1.82) is 0 Å². The molecule has 6 heteroatoms. The second-order valence-corrected chi connectivity index (χ2v) is 5.46. The predicted octanol–water partition coefficient (Wildman–Crippen LogP) is 3.88. The average Bonchev–Trinajstić information content (AvgIpc) is 2.74. The van der Waals surface area contributed by atoms with E-state index in [9.17, 15) is 0 Å². The van der Waals surface area contributed by atoms with Crippen LogP contribution in [0.3, 0.4) is 0 Å². The van der Waals surface area contributed by atoms with Gasteiger partial charge in [-0.2, -0.15) is 0 Å². The monoisotopic (exact) mass is 314 g/mol. The lowest BCUT2D eigenvalue weighted by Crippen LogP contribution is -1.94. The fourth-order valence-corrected chi connectivity index (χ4v) is 2.10. The Morgan fingerprint density at radius 2 is 1.88 bits per heavy atom. The molecule has 0 aliphatic rings. The van der Waals surface area contributed by atoms with Gasteiger partial charge in [-0.3, -0.25) is 0 Å². The van der Waals surface area contributed by atoms with Gasteiger partial charge in [0.05, 0.1) is 6.61 Å². The highest BCUT2D eigenvalue weighted by molar-refractivity contribution is 9.11. The van der Waals surface area contributed by atoms with Crippen LogP contribution in [0.1, 0.15) is 13.3 Å². The summed E-state index contributed by atoms with van der Waals surface area (Å²) in [7, 11) is 0. The highest BCUT2D eigenvalue weighted by Crippen LogP contribution is 2.28. The number of benzene rings is 1. The zero-order chi connectivity index (χ0) is 12.1. The molecule has 0 amide bonds. The molecule has 0 radical (unpaired) electrons. The van der Waals surface area contributed by atoms with E-state index in [0.717, 1.165) is 24.5 Å². The van der Waals surface area contributed by atoms with Crippen LogP contribution in [0, 0.1) is 0 Å². The van der Waals surface area contributed by atoms with Gasteiger partial charge in [0, 0.05) is 0 Å². The molecule has 0 aliphatic carbocycles. The van der Waals surface area contributed by atoms with Crippen molar-refractivity contribution in [1.82, 2.24) is 10.2 Å². The summed E-state index contributed by atoms with van der Waals surface area (Å²) in [6, 6.07) is 7.45. The smallest absolute Gasteiger partial charge is 0.300 e. The van der Waals surface area contributed by atoms with Crippen molar-refractivity contribution < 1.29 is 9.47 Å². The van der Waals surface area contributed by atoms with Crippen LogP contribution in [0.5, 0.6) is 16.7 Å². The maximum absolute atomic E-state index is 5.52. The van der Waals surface area contributed by atoms with Gasteiger partial charge >= 0.3 is 0 Å². The Morgan fingerprint density at radius 1 is 1.18 bits per heavy atom. The van der Waals surface area contributed by atoms with Crippen molar-refractivity contribution in [2.45, 2.75) is 13.3 Å². The summed E-state index contributed by atoms with van der Waals surface area (Å²) in [6.07, 6.45) is 0.997. The molecule has 4 nitrogen and oxygen atoms in total. The van der Waals surface area contributed by atoms with Gasteiger partial charge in [-0.25, -0.2) is 0 Å².